The minimum absolute atomic E-state index is 0.174. The summed E-state index contributed by atoms with van der Waals surface area (Å²) in [6, 6.07) is 8.89. The molecule has 0 saturated carbocycles. The second-order valence-electron chi connectivity index (χ2n) is 5.28. The van der Waals surface area contributed by atoms with E-state index >= 15 is 0 Å². The van der Waals surface area contributed by atoms with Gasteiger partial charge in [-0.1, -0.05) is 31.2 Å². The molecule has 104 valence electrons. The lowest BCUT2D eigenvalue weighted by Crippen LogP contribution is -2.45. The Kier molecular flexibility index (Phi) is 5.40. The van der Waals surface area contributed by atoms with Gasteiger partial charge in [0.25, 0.3) is 0 Å². The molecular weight excluding hydrogens is 236 g/mol. The monoisotopic (exact) mass is 260 g/mol. The first-order chi connectivity index (χ1) is 9.28. The molecule has 0 radical (unpaired) electrons. The number of nitrogens with one attached hydrogen (secondary N) is 2. The van der Waals surface area contributed by atoms with Crippen molar-refractivity contribution in [2.24, 2.45) is 0 Å². The summed E-state index contributed by atoms with van der Waals surface area (Å²) in [6.07, 6.45) is 4.74. The fourth-order valence-electron chi connectivity index (χ4n) is 2.47. The van der Waals surface area contributed by atoms with Crippen molar-refractivity contribution in [2.75, 3.05) is 13.1 Å². The number of amides is 1. The Hall–Kier alpha value is -1.35. The highest BCUT2D eigenvalue weighted by Crippen LogP contribution is 2.08. The Morgan fingerprint density at radius 3 is 2.68 bits per heavy atom. The zero-order valence-corrected chi connectivity index (χ0v) is 11.7. The summed E-state index contributed by atoms with van der Waals surface area (Å²) in [5.41, 5.74) is 2.59. The molecule has 3 nitrogen and oxygen atoms in total. The van der Waals surface area contributed by atoms with Gasteiger partial charge in [0.15, 0.2) is 0 Å². The molecule has 0 bridgehead atoms. The quantitative estimate of drug-likeness (QED) is 0.851. The van der Waals surface area contributed by atoms with Crippen molar-refractivity contribution in [3.63, 3.8) is 0 Å². The van der Waals surface area contributed by atoms with Gasteiger partial charge in [0.1, 0.15) is 0 Å². The first-order valence-electron chi connectivity index (χ1n) is 7.36. The molecule has 1 saturated heterocycles. The Bertz CT molecular complexity index is 394. The van der Waals surface area contributed by atoms with Gasteiger partial charge in [-0.05, 0) is 43.4 Å². The molecule has 3 heteroatoms. The number of carbonyl (C=O) groups is 1. The summed E-state index contributed by atoms with van der Waals surface area (Å²) in [5.74, 6) is 0.174. The van der Waals surface area contributed by atoms with Crippen LogP contribution in [0.2, 0.25) is 0 Å². The fourth-order valence-corrected chi connectivity index (χ4v) is 2.47. The van der Waals surface area contributed by atoms with E-state index in [2.05, 4.69) is 41.8 Å². The van der Waals surface area contributed by atoms with Crippen molar-refractivity contribution in [2.45, 2.75) is 45.1 Å². The van der Waals surface area contributed by atoms with Crippen molar-refractivity contribution >= 4 is 5.91 Å². The second-order valence-corrected chi connectivity index (χ2v) is 5.28. The predicted octanol–water partition coefficient (Wildman–Crippen LogP) is 2.05. The molecule has 1 unspecified atom stereocenters. The molecule has 1 atom stereocenters. The molecule has 19 heavy (non-hydrogen) atoms. The lowest BCUT2D eigenvalue weighted by molar-refractivity contribution is -0.121. The average molecular weight is 260 g/mol. The van der Waals surface area contributed by atoms with Gasteiger partial charge in [0.05, 0.1) is 0 Å². The standard InChI is InChI=1S/C16H24N2O/c1-2-13-5-7-14(8-6-13)9-10-16(19)18-15-4-3-11-17-12-15/h5-8,15,17H,2-4,9-12H2,1H3,(H,18,19). The molecule has 0 aromatic heterocycles. The Morgan fingerprint density at radius 1 is 1.32 bits per heavy atom. The maximum absolute atomic E-state index is 11.9. The molecule has 1 fully saturated rings. The molecule has 1 aromatic rings. The van der Waals surface area contributed by atoms with Crippen molar-refractivity contribution in [3.05, 3.63) is 35.4 Å². The van der Waals surface area contributed by atoms with E-state index in [1.807, 2.05) is 0 Å². The fraction of sp³-hybridized carbons (Fsp3) is 0.562. The van der Waals surface area contributed by atoms with Gasteiger partial charge in [-0.15, -0.1) is 0 Å². The minimum atomic E-state index is 0.174. The Labute approximate surface area is 115 Å². The zero-order valence-electron chi connectivity index (χ0n) is 11.7. The number of hydrogen-bond acceptors (Lipinski definition) is 2. The first kappa shape index (κ1) is 14.1. The second kappa shape index (κ2) is 7.29. The Morgan fingerprint density at radius 2 is 2.05 bits per heavy atom. The number of piperidine rings is 1. The summed E-state index contributed by atoms with van der Waals surface area (Å²) in [6.45, 7) is 4.15. The number of hydrogen-bond donors (Lipinski definition) is 2. The van der Waals surface area contributed by atoms with Gasteiger partial charge in [0, 0.05) is 19.0 Å². The van der Waals surface area contributed by atoms with Crippen molar-refractivity contribution in [3.8, 4) is 0 Å². The van der Waals surface area contributed by atoms with E-state index in [0.29, 0.717) is 12.5 Å². The van der Waals surface area contributed by atoms with Gasteiger partial charge in [-0.3, -0.25) is 4.79 Å². The molecule has 1 amide bonds. The van der Waals surface area contributed by atoms with E-state index < -0.39 is 0 Å². The van der Waals surface area contributed by atoms with E-state index in [-0.39, 0.29) is 5.91 Å². The molecule has 1 aliphatic heterocycles. The third-order valence-corrected chi connectivity index (χ3v) is 3.73. The smallest absolute Gasteiger partial charge is 0.220 e. The van der Waals surface area contributed by atoms with Gasteiger partial charge >= 0.3 is 0 Å². The largest absolute Gasteiger partial charge is 0.352 e. The summed E-state index contributed by atoms with van der Waals surface area (Å²) >= 11 is 0. The van der Waals surface area contributed by atoms with Crippen LogP contribution in [-0.4, -0.2) is 25.0 Å². The lowest BCUT2D eigenvalue weighted by atomic mass is 10.0. The normalized spacial score (nSPS) is 19.1. The molecule has 2 N–H and O–H groups in total. The Balaban J connectivity index is 1.72. The van der Waals surface area contributed by atoms with Crippen LogP contribution in [0.25, 0.3) is 0 Å². The highest BCUT2D eigenvalue weighted by atomic mass is 16.1. The van der Waals surface area contributed by atoms with Crippen LogP contribution in [0.4, 0.5) is 0 Å². The average Bonchev–Trinajstić information content (AvgIpc) is 2.47. The van der Waals surface area contributed by atoms with Crippen LogP contribution in [0.5, 0.6) is 0 Å². The summed E-state index contributed by atoms with van der Waals surface area (Å²) < 4.78 is 0. The lowest BCUT2D eigenvalue weighted by Gasteiger charge is -2.23. The van der Waals surface area contributed by atoms with Gasteiger partial charge in [-0.2, -0.15) is 0 Å². The first-order valence-corrected chi connectivity index (χ1v) is 7.36. The predicted molar refractivity (Wildman–Crippen MR) is 78.2 cm³/mol. The third kappa shape index (κ3) is 4.67. The molecule has 1 aromatic carbocycles. The van der Waals surface area contributed by atoms with Crippen molar-refractivity contribution < 1.29 is 4.79 Å². The van der Waals surface area contributed by atoms with Gasteiger partial charge in [0.2, 0.25) is 5.91 Å². The van der Waals surface area contributed by atoms with Crippen molar-refractivity contribution in [1.29, 1.82) is 0 Å². The highest BCUT2D eigenvalue weighted by molar-refractivity contribution is 5.76. The van der Waals surface area contributed by atoms with Crippen LogP contribution in [0, 0.1) is 0 Å². The number of carbonyl (C=O) groups excluding carboxylic acids is 1. The number of aryl methyl sites for hydroxylation is 2. The molecule has 1 aliphatic rings. The minimum Gasteiger partial charge on any atom is -0.352 e. The van der Waals surface area contributed by atoms with Crippen LogP contribution in [0.1, 0.15) is 37.3 Å². The SMILES string of the molecule is CCc1ccc(CCC(=O)NC2CCCNC2)cc1. The summed E-state index contributed by atoms with van der Waals surface area (Å²) in [5, 5.41) is 6.42. The van der Waals surface area contributed by atoms with Crippen LogP contribution in [0.15, 0.2) is 24.3 Å². The van der Waals surface area contributed by atoms with Crippen LogP contribution < -0.4 is 10.6 Å². The molecular formula is C16H24N2O. The maximum atomic E-state index is 11.9. The highest BCUT2D eigenvalue weighted by Gasteiger charge is 2.14. The molecule has 2 rings (SSSR count). The van der Waals surface area contributed by atoms with Gasteiger partial charge in [-0.25, -0.2) is 0 Å². The molecule has 1 heterocycles. The van der Waals surface area contributed by atoms with E-state index in [1.54, 1.807) is 0 Å². The molecule has 0 aliphatic carbocycles. The third-order valence-electron chi connectivity index (χ3n) is 3.73. The van der Waals surface area contributed by atoms with E-state index in [4.69, 9.17) is 0 Å². The van der Waals surface area contributed by atoms with Crippen molar-refractivity contribution in [1.82, 2.24) is 10.6 Å². The summed E-state index contributed by atoms with van der Waals surface area (Å²) in [7, 11) is 0. The van der Waals surface area contributed by atoms with Crippen LogP contribution >= 0.6 is 0 Å². The number of rotatable bonds is 5. The summed E-state index contributed by atoms with van der Waals surface area (Å²) in [4.78, 5) is 11.9. The van der Waals surface area contributed by atoms with Crippen LogP contribution in [-0.2, 0) is 17.6 Å². The van der Waals surface area contributed by atoms with E-state index in [1.165, 1.54) is 11.1 Å². The van der Waals surface area contributed by atoms with E-state index in [0.717, 1.165) is 38.8 Å². The van der Waals surface area contributed by atoms with Gasteiger partial charge < -0.3 is 10.6 Å². The topological polar surface area (TPSA) is 41.1 Å². The maximum Gasteiger partial charge on any atom is 0.220 e. The zero-order chi connectivity index (χ0) is 13.5. The number of benzene rings is 1. The van der Waals surface area contributed by atoms with Crippen LogP contribution in [0.3, 0.4) is 0 Å². The van der Waals surface area contributed by atoms with E-state index in [9.17, 15) is 4.79 Å². The molecule has 0 spiro atoms.